The molecule has 0 radical (unpaired) electrons. The second-order valence-electron chi connectivity index (χ2n) is 4.04. The van der Waals surface area contributed by atoms with Crippen molar-refractivity contribution in [3.8, 4) is 0 Å². The molecule has 0 unspecified atom stereocenters. The minimum atomic E-state index is 0.0456. The van der Waals surface area contributed by atoms with Crippen LogP contribution in [0.25, 0.3) is 0 Å². The highest BCUT2D eigenvalue weighted by molar-refractivity contribution is 5.92. The van der Waals surface area contributed by atoms with Crippen LogP contribution in [0.2, 0.25) is 0 Å². The lowest BCUT2D eigenvalue weighted by molar-refractivity contribution is 0.376. The first-order valence-corrected chi connectivity index (χ1v) is 4.01. The Morgan fingerprint density at radius 3 is 2.33 bits per heavy atom. The third-order valence-electron chi connectivity index (χ3n) is 1.29. The predicted octanol–water partition coefficient (Wildman–Crippen LogP) is 2.06. The average Bonchev–Trinajstić information content (AvgIpc) is 1.82. The van der Waals surface area contributed by atoms with E-state index >= 15 is 0 Å². The van der Waals surface area contributed by atoms with Gasteiger partial charge in [-0.05, 0) is 11.8 Å². The summed E-state index contributed by atoms with van der Waals surface area (Å²) in [5, 5.41) is 19.1. The van der Waals surface area contributed by atoms with E-state index in [2.05, 4.69) is 26.1 Å². The molecule has 0 rings (SSSR count). The number of hydrogen-bond acceptors (Lipinski definition) is 3. The summed E-state index contributed by atoms with van der Waals surface area (Å²) in [5.74, 6) is 0.0456. The average molecular weight is 170 g/mol. The molecule has 3 heteroatoms. The molecule has 70 valence electrons. The molecule has 0 aromatic heterocycles. The van der Waals surface area contributed by atoms with Crippen molar-refractivity contribution in [2.24, 2.45) is 5.41 Å². The van der Waals surface area contributed by atoms with Gasteiger partial charge in [-0.15, -0.1) is 0 Å². The smallest absolute Gasteiger partial charge is 0.185 e. The highest BCUT2D eigenvalue weighted by Crippen LogP contribution is 2.19. The van der Waals surface area contributed by atoms with E-state index in [9.17, 15) is 0 Å². The molecule has 0 saturated carbocycles. The van der Waals surface area contributed by atoms with Gasteiger partial charge in [0.1, 0.15) is 0 Å². The van der Waals surface area contributed by atoms with Crippen molar-refractivity contribution in [2.75, 3.05) is 7.05 Å². The number of allylic oxidation sites excluding steroid dienone is 1. The maximum Gasteiger partial charge on any atom is 0.185 e. The van der Waals surface area contributed by atoms with Gasteiger partial charge in [-0.2, -0.15) is 0 Å². The van der Waals surface area contributed by atoms with Crippen LogP contribution in [0.1, 0.15) is 27.2 Å². The Morgan fingerprint density at radius 2 is 2.00 bits per heavy atom. The third-order valence-corrected chi connectivity index (χ3v) is 1.29. The van der Waals surface area contributed by atoms with E-state index in [0.29, 0.717) is 12.1 Å². The maximum absolute atomic E-state index is 9.03. The molecule has 0 aliphatic heterocycles. The largest absolute Gasteiger partial charge is 0.495 e. The van der Waals surface area contributed by atoms with Crippen LogP contribution >= 0.6 is 0 Å². The van der Waals surface area contributed by atoms with Crippen LogP contribution in [-0.2, 0) is 0 Å². The van der Waals surface area contributed by atoms with Crippen LogP contribution in [0.4, 0.5) is 0 Å². The van der Waals surface area contributed by atoms with E-state index in [-0.39, 0.29) is 11.3 Å². The molecule has 0 aromatic rings. The normalized spacial score (nSPS) is 12.8. The zero-order valence-electron chi connectivity index (χ0n) is 8.23. The fraction of sp³-hybridized carbons (Fsp3) is 0.667. The van der Waals surface area contributed by atoms with Crippen LogP contribution in [0.3, 0.4) is 0 Å². The van der Waals surface area contributed by atoms with E-state index in [4.69, 9.17) is 10.5 Å². The molecule has 0 aliphatic rings. The summed E-state index contributed by atoms with van der Waals surface area (Å²) in [6, 6.07) is 0. The summed E-state index contributed by atoms with van der Waals surface area (Å²) in [4.78, 5) is 0. The fourth-order valence-electron chi connectivity index (χ4n) is 0.860. The molecule has 0 spiro atoms. The second kappa shape index (κ2) is 4.14. The summed E-state index contributed by atoms with van der Waals surface area (Å²) in [5.41, 5.74) is 0.538. The highest BCUT2D eigenvalue weighted by Gasteiger charge is 2.12. The summed E-state index contributed by atoms with van der Waals surface area (Å²) in [6.45, 7) is 6.18. The van der Waals surface area contributed by atoms with E-state index in [1.165, 1.54) is 6.08 Å². The molecule has 3 nitrogen and oxygen atoms in total. The molecule has 12 heavy (non-hydrogen) atoms. The van der Waals surface area contributed by atoms with Crippen molar-refractivity contribution in [1.29, 1.82) is 5.41 Å². The van der Waals surface area contributed by atoms with E-state index in [1.54, 1.807) is 7.05 Å². The van der Waals surface area contributed by atoms with E-state index in [1.807, 2.05) is 0 Å². The van der Waals surface area contributed by atoms with Crippen molar-refractivity contribution in [2.45, 2.75) is 27.2 Å². The summed E-state index contributed by atoms with van der Waals surface area (Å²) >= 11 is 0. The maximum atomic E-state index is 9.03. The molecule has 0 heterocycles. The third kappa shape index (κ3) is 5.77. The molecule has 3 N–H and O–H groups in total. The van der Waals surface area contributed by atoms with Gasteiger partial charge in [-0.25, -0.2) is 0 Å². The first-order chi connectivity index (χ1) is 5.35. The van der Waals surface area contributed by atoms with Gasteiger partial charge >= 0.3 is 0 Å². The van der Waals surface area contributed by atoms with E-state index < -0.39 is 0 Å². The number of rotatable bonds is 3. The molecule has 0 aromatic carbocycles. The Bertz CT molecular complexity index is 189. The van der Waals surface area contributed by atoms with Crippen LogP contribution in [0.5, 0.6) is 0 Å². The van der Waals surface area contributed by atoms with Crippen molar-refractivity contribution in [1.82, 2.24) is 5.32 Å². The lowest BCUT2D eigenvalue weighted by Crippen LogP contribution is -2.13. The molecule has 0 saturated heterocycles. The molecule has 0 aliphatic carbocycles. The first kappa shape index (κ1) is 11.0. The van der Waals surface area contributed by atoms with Crippen LogP contribution < -0.4 is 5.32 Å². The zero-order valence-corrected chi connectivity index (χ0v) is 8.23. The second-order valence-corrected chi connectivity index (χ2v) is 4.04. The lowest BCUT2D eigenvalue weighted by atomic mass is 9.89. The molecule has 0 amide bonds. The van der Waals surface area contributed by atoms with Crippen LogP contribution in [0.15, 0.2) is 12.0 Å². The molecular formula is C9H18N2O. The highest BCUT2D eigenvalue weighted by atomic mass is 16.3. The zero-order chi connectivity index (χ0) is 9.78. The van der Waals surface area contributed by atoms with Gasteiger partial charge in [0.05, 0.1) is 0 Å². The van der Waals surface area contributed by atoms with Crippen LogP contribution in [-0.4, -0.2) is 17.9 Å². The van der Waals surface area contributed by atoms with Crippen molar-refractivity contribution < 1.29 is 5.11 Å². The van der Waals surface area contributed by atoms with Gasteiger partial charge in [-0.3, -0.25) is 0 Å². The Labute approximate surface area is 74.0 Å². The molecule has 0 fully saturated rings. The van der Waals surface area contributed by atoms with Crippen molar-refractivity contribution >= 4 is 5.71 Å². The molecule has 0 atom stereocenters. The van der Waals surface area contributed by atoms with E-state index in [0.717, 1.165) is 0 Å². The quantitative estimate of drug-likeness (QED) is 0.448. The Morgan fingerprint density at radius 1 is 1.50 bits per heavy atom. The van der Waals surface area contributed by atoms with Gasteiger partial charge < -0.3 is 15.8 Å². The SMILES string of the molecule is CN/C(O)=C/C(=N)CC(C)(C)C. The number of aliphatic hydroxyl groups excluding tert-OH is 1. The Hall–Kier alpha value is -0.990. The monoisotopic (exact) mass is 170 g/mol. The van der Waals surface area contributed by atoms with Gasteiger partial charge in [0.15, 0.2) is 5.88 Å². The van der Waals surface area contributed by atoms with Crippen molar-refractivity contribution in [3.63, 3.8) is 0 Å². The van der Waals surface area contributed by atoms with Gasteiger partial charge in [0.2, 0.25) is 0 Å². The number of nitrogens with one attached hydrogen (secondary N) is 2. The number of hydrogen-bond donors (Lipinski definition) is 3. The predicted molar refractivity (Wildman–Crippen MR) is 51.6 cm³/mol. The molecular weight excluding hydrogens is 152 g/mol. The minimum absolute atomic E-state index is 0.0456. The Kier molecular flexibility index (Phi) is 3.80. The first-order valence-electron chi connectivity index (χ1n) is 4.01. The van der Waals surface area contributed by atoms with Crippen molar-refractivity contribution in [3.05, 3.63) is 12.0 Å². The minimum Gasteiger partial charge on any atom is -0.495 e. The summed E-state index contributed by atoms with van der Waals surface area (Å²) in [6.07, 6.45) is 2.10. The summed E-state index contributed by atoms with van der Waals surface area (Å²) in [7, 11) is 1.62. The van der Waals surface area contributed by atoms with Gasteiger partial charge in [0, 0.05) is 18.8 Å². The Balaban J connectivity index is 4.08. The topological polar surface area (TPSA) is 56.1 Å². The fourth-order valence-corrected chi connectivity index (χ4v) is 0.860. The van der Waals surface area contributed by atoms with Gasteiger partial charge in [-0.1, -0.05) is 20.8 Å². The lowest BCUT2D eigenvalue weighted by Gasteiger charge is -2.16. The number of aliphatic hydroxyl groups is 1. The van der Waals surface area contributed by atoms with Crippen LogP contribution in [0, 0.1) is 10.8 Å². The van der Waals surface area contributed by atoms with Gasteiger partial charge in [0.25, 0.3) is 0 Å². The summed E-state index contributed by atoms with van der Waals surface area (Å²) < 4.78 is 0. The standard InChI is InChI=1S/C9H18N2O/c1-9(2,3)6-7(10)5-8(12)11-4/h5,10-12H,6H2,1-4H3/b8-5-,10-7?. The molecule has 0 bridgehead atoms.